The normalized spacial score (nSPS) is 29.7. The van der Waals surface area contributed by atoms with Crippen molar-refractivity contribution < 1.29 is 9.59 Å². The van der Waals surface area contributed by atoms with Crippen LogP contribution in [0.25, 0.3) is 0 Å². The van der Waals surface area contributed by atoms with E-state index < -0.39 is 5.41 Å². The number of anilines is 1. The standard InChI is InChI=1S/C17H20ClNO2/c1-10-12(18)5-4-6-13(10)19-15(21)17-8-7-11(9-14(17)20)16(17,2)3/h4-6,11H,7-9H2,1-3H3,(H,19,21). The average Bonchev–Trinajstić information content (AvgIpc) is 2.78. The summed E-state index contributed by atoms with van der Waals surface area (Å²) >= 11 is 6.10. The van der Waals surface area contributed by atoms with E-state index in [-0.39, 0.29) is 17.1 Å². The third kappa shape index (κ3) is 1.80. The summed E-state index contributed by atoms with van der Waals surface area (Å²) < 4.78 is 0. The van der Waals surface area contributed by atoms with Gasteiger partial charge < -0.3 is 5.32 Å². The van der Waals surface area contributed by atoms with Gasteiger partial charge in [-0.05, 0) is 48.8 Å². The molecule has 1 N–H and O–H groups in total. The van der Waals surface area contributed by atoms with E-state index in [4.69, 9.17) is 11.6 Å². The van der Waals surface area contributed by atoms with Crippen LogP contribution in [0, 0.1) is 23.7 Å². The fraction of sp³-hybridized carbons (Fsp3) is 0.529. The molecular weight excluding hydrogens is 286 g/mol. The summed E-state index contributed by atoms with van der Waals surface area (Å²) in [5.74, 6) is 0.264. The summed E-state index contributed by atoms with van der Waals surface area (Å²) in [6.07, 6.45) is 2.16. The highest BCUT2D eigenvalue weighted by molar-refractivity contribution is 6.31. The number of carbonyl (C=O) groups excluding carboxylic acids is 2. The van der Waals surface area contributed by atoms with Gasteiger partial charge in [0.25, 0.3) is 0 Å². The number of ketones is 1. The van der Waals surface area contributed by atoms with Crippen LogP contribution in [-0.4, -0.2) is 11.7 Å². The molecule has 112 valence electrons. The zero-order valence-corrected chi connectivity index (χ0v) is 13.4. The van der Waals surface area contributed by atoms with Gasteiger partial charge in [0.1, 0.15) is 11.2 Å². The van der Waals surface area contributed by atoms with Crippen molar-refractivity contribution in [2.75, 3.05) is 5.32 Å². The molecule has 0 heterocycles. The van der Waals surface area contributed by atoms with E-state index in [9.17, 15) is 9.59 Å². The smallest absolute Gasteiger partial charge is 0.238 e. The lowest BCUT2D eigenvalue weighted by atomic mass is 9.68. The molecule has 0 aromatic heterocycles. The molecule has 0 saturated heterocycles. The Kier molecular flexibility index (Phi) is 3.17. The average molecular weight is 306 g/mol. The number of hydrogen-bond donors (Lipinski definition) is 1. The Morgan fingerprint density at radius 3 is 2.67 bits per heavy atom. The van der Waals surface area contributed by atoms with Gasteiger partial charge in [0.05, 0.1) is 0 Å². The first-order chi connectivity index (χ1) is 9.80. The van der Waals surface area contributed by atoms with Crippen LogP contribution in [0.15, 0.2) is 18.2 Å². The van der Waals surface area contributed by atoms with Gasteiger partial charge in [-0.1, -0.05) is 31.5 Å². The molecular formula is C17H20ClNO2. The van der Waals surface area contributed by atoms with E-state index in [0.29, 0.717) is 29.5 Å². The van der Waals surface area contributed by atoms with Crippen molar-refractivity contribution in [2.24, 2.45) is 16.7 Å². The van der Waals surface area contributed by atoms with Gasteiger partial charge in [-0.15, -0.1) is 0 Å². The number of nitrogens with one attached hydrogen (secondary N) is 1. The number of Topliss-reactive ketones (excluding diaryl/α,β-unsaturated/α-hetero) is 1. The van der Waals surface area contributed by atoms with Crippen LogP contribution in [0.4, 0.5) is 5.69 Å². The topological polar surface area (TPSA) is 46.2 Å². The van der Waals surface area contributed by atoms with Crippen molar-refractivity contribution in [1.29, 1.82) is 0 Å². The monoisotopic (exact) mass is 305 g/mol. The Bertz CT molecular complexity index is 638. The highest BCUT2D eigenvalue weighted by atomic mass is 35.5. The summed E-state index contributed by atoms with van der Waals surface area (Å²) in [5.41, 5.74) is 0.398. The summed E-state index contributed by atoms with van der Waals surface area (Å²) in [7, 11) is 0. The molecule has 0 spiro atoms. The molecule has 2 saturated carbocycles. The van der Waals surface area contributed by atoms with Crippen molar-refractivity contribution >= 4 is 29.0 Å². The Balaban J connectivity index is 1.95. The highest BCUT2D eigenvalue weighted by Gasteiger charge is 2.68. The summed E-state index contributed by atoms with van der Waals surface area (Å²) in [5, 5.41) is 3.57. The van der Waals surface area contributed by atoms with Crippen LogP contribution >= 0.6 is 11.6 Å². The second-order valence-electron chi connectivity index (χ2n) is 6.86. The SMILES string of the molecule is Cc1c(Cl)cccc1NC(=O)C12CCC(CC1=O)C2(C)C. The van der Waals surface area contributed by atoms with E-state index >= 15 is 0 Å². The maximum Gasteiger partial charge on any atom is 0.238 e. The van der Waals surface area contributed by atoms with Gasteiger partial charge in [-0.2, -0.15) is 0 Å². The molecule has 2 aliphatic carbocycles. The molecule has 1 aromatic rings. The van der Waals surface area contributed by atoms with Crippen molar-refractivity contribution in [3.8, 4) is 0 Å². The third-order valence-electron chi connectivity index (χ3n) is 5.80. The zero-order chi connectivity index (χ0) is 15.4. The van der Waals surface area contributed by atoms with E-state index in [1.165, 1.54) is 0 Å². The second kappa shape index (κ2) is 4.57. The first kappa shape index (κ1) is 14.6. The third-order valence-corrected chi connectivity index (χ3v) is 6.21. The lowest BCUT2D eigenvalue weighted by molar-refractivity contribution is -0.141. The molecule has 21 heavy (non-hydrogen) atoms. The van der Waals surface area contributed by atoms with E-state index in [0.717, 1.165) is 12.0 Å². The van der Waals surface area contributed by atoms with Crippen LogP contribution in [0.3, 0.4) is 0 Å². The minimum atomic E-state index is -0.869. The molecule has 3 rings (SSSR count). The van der Waals surface area contributed by atoms with Crippen LogP contribution in [0.5, 0.6) is 0 Å². The predicted octanol–water partition coefficient (Wildman–Crippen LogP) is 3.98. The van der Waals surface area contributed by atoms with E-state index in [2.05, 4.69) is 19.2 Å². The van der Waals surface area contributed by atoms with Crippen LogP contribution in [-0.2, 0) is 9.59 Å². The second-order valence-corrected chi connectivity index (χ2v) is 7.26. The molecule has 0 radical (unpaired) electrons. The van der Waals surface area contributed by atoms with Crippen LogP contribution < -0.4 is 5.32 Å². The van der Waals surface area contributed by atoms with Gasteiger partial charge in [-0.25, -0.2) is 0 Å². The van der Waals surface area contributed by atoms with Crippen LogP contribution in [0.2, 0.25) is 5.02 Å². The molecule has 0 aliphatic heterocycles. The molecule has 2 aliphatic rings. The molecule has 2 fully saturated rings. The lowest BCUT2D eigenvalue weighted by Gasteiger charge is -2.35. The summed E-state index contributed by atoms with van der Waals surface area (Å²) in [6.45, 7) is 5.98. The number of halogens is 1. The van der Waals surface area contributed by atoms with Gasteiger partial charge in [0.2, 0.25) is 5.91 Å². The fourth-order valence-corrected chi connectivity index (χ4v) is 4.36. The zero-order valence-electron chi connectivity index (χ0n) is 12.6. The summed E-state index contributed by atoms with van der Waals surface area (Å²) in [6, 6.07) is 5.43. The van der Waals surface area contributed by atoms with E-state index in [1.807, 2.05) is 19.1 Å². The number of rotatable bonds is 2. The van der Waals surface area contributed by atoms with Crippen molar-refractivity contribution in [1.82, 2.24) is 0 Å². The number of amides is 1. The van der Waals surface area contributed by atoms with Crippen LogP contribution in [0.1, 0.15) is 38.7 Å². The van der Waals surface area contributed by atoms with Gasteiger partial charge >= 0.3 is 0 Å². The molecule has 2 atom stereocenters. The maximum atomic E-state index is 12.9. The molecule has 4 heteroatoms. The Morgan fingerprint density at radius 1 is 1.38 bits per heavy atom. The molecule has 2 unspecified atom stereocenters. The molecule has 3 nitrogen and oxygen atoms in total. The fourth-order valence-electron chi connectivity index (χ4n) is 4.18. The van der Waals surface area contributed by atoms with Gasteiger partial charge in [0.15, 0.2) is 0 Å². The van der Waals surface area contributed by atoms with Crippen molar-refractivity contribution in [3.05, 3.63) is 28.8 Å². The first-order valence-corrected chi connectivity index (χ1v) is 7.78. The Labute approximate surface area is 130 Å². The molecule has 2 bridgehead atoms. The molecule has 1 aromatic carbocycles. The van der Waals surface area contributed by atoms with Crippen molar-refractivity contribution in [3.63, 3.8) is 0 Å². The predicted molar refractivity (Wildman–Crippen MR) is 83.4 cm³/mol. The lowest BCUT2D eigenvalue weighted by Crippen LogP contribution is -2.46. The maximum absolute atomic E-state index is 12.9. The number of benzene rings is 1. The van der Waals surface area contributed by atoms with Crippen molar-refractivity contribution in [2.45, 2.75) is 40.0 Å². The minimum absolute atomic E-state index is 0.0981. The quantitative estimate of drug-likeness (QED) is 0.840. The Morgan fingerprint density at radius 2 is 2.10 bits per heavy atom. The number of fused-ring (bicyclic) bond motifs is 2. The van der Waals surface area contributed by atoms with E-state index in [1.54, 1.807) is 6.07 Å². The van der Waals surface area contributed by atoms with Gasteiger partial charge in [-0.3, -0.25) is 9.59 Å². The number of hydrogen-bond acceptors (Lipinski definition) is 2. The minimum Gasteiger partial charge on any atom is -0.325 e. The highest BCUT2D eigenvalue weighted by Crippen LogP contribution is 2.64. The largest absolute Gasteiger partial charge is 0.325 e. The number of carbonyl (C=O) groups is 2. The van der Waals surface area contributed by atoms with Gasteiger partial charge in [0, 0.05) is 17.1 Å². The first-order valence-electron chi connectivity index (χ1n) is 7.40. The Hall–Kier alpha value is -1.35. The summed E-state index contributed by atoms with van der Waals surface area (Å²) in [4.78, 5) is 25.4. The molecule has 1 amide bonds.